The van der Waals surface area contributed by atoms with Gasteiger partial charge in [-0.3, -0.25) is 0 Å². The van der Waals surface area contributed by atoms with Crippen LogP contribution >= 0.6 is 23.2 Å². The Hall–Kier alpha value is -1.71. The van der Waals surface area contributed by atoms with Crippen LogP contribution < -0.4 is 5.32 Å². The fraction of sp³-hybridized carbons (Fsp3) is 0.278. The summed E-state index contributed by atoms with van der Waals surface area (Å²) < 4.78 is 0. The number of rotatable bonds is 4. The number of aromatic carboxylic acids is 1. The Morgan fingerprint density at radius 3 is 2.35 bits per heavy atom. The van der Waals surface area contributed by atoms with E-state index in [-0.39, 0.29) is 11.6 Å². The third-order valence-electron chi connectivity index (χ3n) is 3.27. The minimum atomic E-state index is -0.935. The van der Waals surface area contributed by atoms with Gasteiger partial charge in [0.25, 0.3) is 0 Å². The van der Waals surface area contributed by atoms with Crippen LogP contribution in [0, 0.1) is 6.92 Å². The molecule has 0 amide bonds. The van der Waals surface area contributed by atoms with Gasteiger partial charge < -0.3 is 10.4 Å². The smallest absolute Gasteiger partial charge is 0.335 e. The molecule has 3 nitrogen and oxygen atoms in total. The summed E-state index contributed by atoms with van der Waals surface area (Å²) in [6.07, 6.45) is 0. The Morgan fingerprint density at radius 2 is 1.78 bits per heavy atom. The zero-order chi connectivity index (χ0) is 17.6. The van der Waals surface area contributed by atoms with Crippen molar-refractivity contribution in [3.8, 4) is 0 Å². The van der Waals surface area contributed by atoms with Crippen molar-refractivity contribution in [1.29, 1.82) is 0 Å². The lowest BCUT2D eigenvalue weighted by molar-refractivity contribution is 0.0697. The summed E-state index contributed by atoms with van der Waals surface area (Å²) in [6, 6.07) is 10.2. The van der Waals surface area contributed by atoms with E-state index in [2.05, 4.69) is 5.32 Å². The van der Waals surface area contributed by atoms with Crippen molar-refractivity contribution in [3.05, 3.63) is 63.1 Å². The number of carbonyl (C=O) groups is 1. The maximum Gasteiger partial charge on any atom is 0.335 e. The van der Waals surface area contributed by atoms with Gasteiger partial charge in [0.2, 0.25) is 0 Å². The van der Waals surface area contributed by atoms with Crippen molar-refractivity contribution in [3.63, 3.8) is 0 Å². The van der Waals surface area contributed by atoms with Crippen molar-refractivity contribution in [2.45, 2.75) is 33.7 Å². The second-order valence-corrected chi connectivity index (χ2v) is 5.71. The summed E-state index contributed by atoms with van der Waals surface area (Å²) in [5, 5.41) is 13.6. The normalized spacial score (nSPS) is 11.2. The molecule has 23 heavy (non-hydrogen) atoms. The largest absolute Gasteiger partial charge is 0.478 e. The topological polar surface area (TPSA) is 49.3 Å². The first-order valence-corrected chi connectivity index (χ1v) is 8.19. The summed E-state index contributed by atoms with van der Waals surface area (Å²) in [4.78, 5) is 10.9. The molecule has 0 bridgehead atoms. The maximum absolute atomic E-state index is 10.9. The molecule has 124 valence electrons. The van der Waals surface area contributed by atoms with E-state index in [1.165, 1.54) is 0 Å². The van der Waals surface area contributed by atoms with Crippen LogP contribution in [0.1, 0.15) is 48.3 Å². The summed E-state index contributed by atoms with van der Waals surface area (Å²) in [6.45, 7) is 7.84. The predicted octanol–water partition coefficient (Wildman–Crippen LogP) is 6.20. The molecule has 0 aliphatic heterocycles. The van der Waals surface area contributed by atoms with Crippen LogP contribution in [0.2, 0.25) is 10.0 Å². The lowest BCUT2D eigenvalue weighted by Crippen LogP contribution is -2.09. The molecule has 2 aromatic carbocycles. The molecule has 2 aromatic rings. The molecular formula is C18H21Cl2NO2. The maximum atomic E-state index is 10.9. The molecule has 0 radical (unpaired) electrons. The molecule has 0 unspecified atom stereocenters. The van der Waals surface area contributed by atoms with Crippen molar-refractivity contribution in [2.24, 2.45) is 0 Å². The Kier molecular flexibility index (Phi) is 7.40. The lowest BCUT2D eigenvalue weighted by atomic mass is 10.1. The van der Waals surface area contributed by atoms with Gasteiger partial charge >= 0.3 is 5.97 Å². The highest BCUT2D eigenvalue weighted by Crippen LogP contribution is 2.29. The molecular weight excluding hydrogens is 333 g/mol. The quantitative estimate of drug-likeness (QED) is 0.687. The minimum Gasteiger partial charge on any atom is -0.478 e. The van der Waals surface area contributed by atoms with E-state index < -0.39 is 5.97 Å². The number of carboxylic acid groups (broad SMARTS) is 1. The van der Waals surface area contributed by atoms with E-state index in [4.69, 9.17) is 28.3 Å². The third-order valence-corrected chi connectivity index (χ3v) is 3.85. The fourth-order valence-corrected chi connectivity index (χ4v) is 2.58. The molecule has 5 heteroatoms. The van der Waals surface area contributed by atoms with Crippen molar-refractivity contribution >= 4 is 34.9 Å². The average Bonchev–Trinajstić information content (AvgIpc) is 2.53. The number of carboxylic acids is 1. The zero-order valence-corrected chi connectivity index (χ0v) is 15.2. The number of aryl methyl sites for hydroxylation is 1. The first-order chi connectivity index (χ1) is 10.9. The van der Waals surface area contributed by atoms with Gasteiger partial charge in [0.1, 0.15) is 0 Å². The standard InChI is InChI=1S/C16H15Cl2NO2.C2H6/c1-9-7-11(16(20)21)3-6-15(9)19-10(2)13-8-12(17)4-5-14(13)18;1-2/h3-8,10,19H,1-2H3,(H,20,21);1-2H3/t10-;/m0./s1. The van der Waals surface area contributed by atoms with Crippen LogP contribution in [-0.2, 0) is 0 Å². The number of benzene rings is 2. The van der Waals surface area contributed by atoms with Crippen LogP contribution in [0.25, 0.3) is 0 Å². The van der Waals surface area contributed by atoms with Crippen LogP contribution in [0.5, 0.6) is 0 Å². The second-order valence-electron chi connectivity index (χ2n) is 4.87. The molecule has 0 aromatic heterocycles. The molecule has 0 aliphatic rings. The first kappa shape index (κ1) is 19.3. The second kappa shape index (κ2) is 8.80. The summed E-state index contributed by atoms with van der Waals surface area (Å²) >= 11 is 12.2. The summed E-state index contributed by atoms with van der Waals surface area (Å²) in [5.41, 5.74) is 2.89. The summed E-state index contributed by atoms with van der Waals surface area (Å²) in [7, 11) is 0. The van der Waals surface area contributed by atoms with Gasteiger partial charge in [0.05, 0.1) is 11.6 Å². The number of anilines is 1. The van der Waals surface area contributed by atoms with Crippen molar-refractivity contribution in [1.82, 2.24) is 0 Å². The highest BCUT2D eigenvalue weighted by atomic mass is 35.5. The van der Waals surface area contributed by atoms with Gasteiger partial charge in [-0.1, -0.05) is 37.0 Å². The van der Waals surface area contributed by atoms with Gasteiger partial charge in [-0.05, 0) is 61.4 Å². The van der Waals surface area contributed by atoms with E-state index >= 15 is 0 Å². The SMILES string of the molecule is CC.Cc1cc(C(=O)O)ccc1N[C@@H](C)c1cc(Cl)ccc1Cl. The molecule has 2 rings (SSSR count). The molecule has 0 fully saturated rings. The molecule has 0 heterocycles. The Balaban J connectivity index is 0.00000127. The Morgan fingerprint density at radius 1 is 1.13 bits per heavy atom. The van der Waals surface area contributed by atoms with E-state index in [1.54, 1.807) is 30.3 Å². The van der Waals surface area contributed by atoms with E-state index in [0.29, 0.717) is 10.0 Å². The van der Waals surface area contributed by atoms with Crippen molar-refractivity contribution in [2.75, 3.05) is 5.32 Å². The van der Waals surface area contributed by atoms with Crippen LogP contribution in [0.15, 0.2) is 36.4 Å². The fourth-order valence-electron chi connectivity index (χ4n) is 2.12. The summed E-state index contributed by atoms with van der Waals surface area (Å²) in [5.74, 6) is -0.935. The van der Waals surface area contributed by atoms with E-state index in [9.17, 15) is 4.79 Å². The monoisotopic (exact) mass is 353 g/mol. The van der Waals surface area contributed by atoms with Gasteiger partial charge in [0.15, 0.2) is 0 Å². The third kappa shape index (κ3) is 5.15. The lowest BCUT2D eigenvalue weighted by Gasteiger charge is -2.19. The van der Waals surface area contributed by atoms with Gasteiger partial charge in [-0.2, -0.15) is 0 Å². The molecule has 0 saturated heterocycles. The number of hydrogen-bond donors (Lipinski definition) is 2. The van der Waals surface area contributed by atoms with Crippen LogP contribution in [-0.4, -0.2) is 11.1 Å². The number of nitrogens with one attached hydrogen (secondary N) is 1. The predicted molar refractivity (Wildman–Crippen MR) is 98.0 cm³/mol. The first-order valence-electron chi connectivity index (χ1n) is 7.44. The zero-order valence-electron chi connectivity index (χ0n) is 13.7. The van der Waals surface area contributed by atoms with Crippen molar-refractivity contribution < 1.29 is 9.90 Å². The van der Waals surface area contributed by atoms with E-state index in [1.807, 2.05) is 33.8 Å². The van der Waals surface area contributed by atoms with Crippen LogP contribution in [0.3, 0.4) is 0 Å². The highest BCUT2D eigenvalue weighted by molar-refractivity contribution is 6.33. The molecule has 0 saturated carbocycles. The van der Waals surface area contributed by atoms with Gasteiger partial charge in [0, 0.05) is 15.7 Å². The molecule has 2 N–H and O–H groups in total. The van der Waals surface area contributed by atoms with E-state index in [0.717, 1.165) is 16.8 Å². The molecule has 0 spiro atoms. The Labute approximate surface area is 147 Å². The van der Waals surface area contributed by atoms with Gasteiger partial charge in [-0.15, -0.1) is 0 Å². The highest BCUT2D eigenvalue weighted by Gasteiger charge is 2.12. The molecule has 0 aliphatic carbocycles. The minimum absolute atomic E-state index is 0.0504. The number of halogens is 2. The average molecular weight is 354 g/mol. The van der Waals surface area contributed by atoms with Gasteiger partial charge in [-0.25, -0.2) is 4.79 Å². The molecule has 1 atom stereocenters. The van der Waals surface area contributed by atoms with Crippen LogP contribution in [0.4, 0.5) is 5.69 Å². The Bertz CT molecular complexity index is 687. The number of hydrogen-bond acceptors (Lipinski definition) is 2.